The first-order chi connectivity index (χ1) is 8.74. The molecule has 3 nitrogen and oxygen atoms in total. The third kappa shape index (κ3) is 1.92. The van der Waals surface area contributed by atoms with Gasteiger partial charge in [-0.05, 0) is 37.1 Å². The van der Waals surface area contributed by atoms with Gasteiger partial charge in [0.25, 0.3) is 0 Å². The summed E-state index contributed by atoms with van der Waals surface area (Å²) in [6, 6.07) is 10.3. The second kappa shape index (κ2) is 4.33. The summed E-state index contributed by atoms with van der Waals surface area (Å²) in [6.45, 7) is 4.99. The van der Waals surface area contributed by atoms with Crippen LogP contribution in [-0.2, 0) is 0 Å². The number of nitrogens with one attached hydrogen (secondary N) is 1. The smallest absolute Gasteiger partial charge is 0.168 e. The number of pyridine rings is 1. The zero-order valence-corrected chi connectivity index (χ0v) is 10.6. The van der Waals surface area contributed by atoms with E-state index >= 15 is 0 Å². The summed E-state index contributed by atoms with van der Waals surface area (Å²) >= 11 is 0. The number of hydrogen-bond donors (Lipinski definition) is 1. The van der Waals surface area contributed by atoms with Gasteiger partial charge in [0, 0.05) is 6.20 Å². The third-order valence-corrected chi connectivity index (χ3v) is 3.27. The van der Waals surface area contributed by atoms with E-state index in [0.717, 1.165) is 18.1 Å². The number of nitrogens with zero attached hydrogens (tertiary/aromatic N) is 1. The number of aryl methyl sites for hydroxylation is 2. The summed E-state index contributed by atoms with van der Waals surface area (Å²) in [5.74, 6) is 1.66. The fraction of sp³-hybridized carbons (Fsp3) is 0.267. The van der Waals surface area contributed by atoms with Gasteiger partial charge >= 0.3 is 0 Å². The molecule has 1 aliphatic heterocycles. The molecule has 0 radical (unpaired) electrons. The van der Waals surface area contributed by atoms with Crippen molar-refractivity contribution < 1.29 is 4.74 Å². The highest BCUT2D eigenvalue weighted by atomic mass is 16.5. The van der Waals surface area contributed by atoms with Crippen LogP contribution in [0.1, 0.15) is 22.8 Å². The van der Waals surface area contributed by atoms with Gasteiger partial charge in [0.15, 0.2) is 11.6 Å². The predicted octanol–water partition coefficient (Wildman–Crippen LogP) is 3.24. The Balaban J connectivity index is 1.92. The first-order valence-corrected chi connectivity index (χ1v) is 6.17. The maximum atomic E-state index is 6.01. The summed E-state index contributed by atoms with van der Waals surface area (Å²) in [6.07, 6.45) is 1.83. The predicted molar refractivity (Wildman–Crippen MR) is 72.0 cm³/mol. The summed E-state index contributed by atoms with van der Waals surface area (Å²) in [4.78, 5) is 4.25. The first-order valence-electron chi connectivity index (χ1n) is 6.17. The molecule has 0 spiro atoms. The highest BCUT2D eigenvalue weighted by Gasteiger charge is 2.22. The maximum absolute atomic E-state index is 6.01. The van der Waals surface area contributed by atoms with Crippen LogP contribution in [0.25, 0.3) is 0 Å². The van der Waals surface area contributed by atoms with Crippen molar-refractivity contribution in [2.75, 3.05) is 11.9 Å². The molecule has 1 atom stereocenters. The lowest BCUT2D eigenvalue weighted by atomic mass is 10.0. The lowest BCUT2D eigenvalue weighted by Gasteiger charge is -2.27. The summed E-state index contributed by atoms with van der Waals surface area (Å²) in [5, 5.41) is 3.32. The number of ether oxygens (including phenoxy) is 1. The summed E-state index contributed by atoms with van der Waals surface area (Å²) < 4.78 is 6.01. The van der Waals surface area contributed by atoms with Gasteiger partial charge in [-0.1, -0.05) is 23.8 Å². The van der Waals surface area contributed by atoms with E-state index < -0.39 is 0 Å². The van der Waals surface area contributed by atoms with Crippen LogP contribution in [0, 0.1) is 13.8 Å². The lowest BCUT2D eigenvalue weighted by molar-refractivity contribution is 0.208. The number of anilines is 1. The minimum atomic E-state index is 0.0577. The quantitative estimate of drug-likeness (QED) is 0.830. The highest BCUT2D eigenvalue weighted by molar-refractivity contribution is 5.52. The molecule has 0 fully saturated rings. The van der Waals surface area contributed by atoms with Crippen molar-refractivity contribution in [2.24, 2.45) is 0 Å². The molecule has 0 bridgehead atoms. The van der Waals surface area contributed by atoms with E-state index in [1.54, 1.807) is 6.20 Å². The molecule has 1 aromatic carbocycles. The van der Waals surface area contributed by atoms with Crippen LogP contribution in [0.5, 0.6) is 5.75 Å². The number of rotatable bonds is 1. The fourth-order valence-electron chi connectivity index (χ4n) is 2.36. The molecular weight excluding hydrogens is 224 g/mol. The van der Waals surface area contributed by atoms with Crippen LogP contribution in [0.15, 0.2) is 36.5 Å². The van der Waals surface area contributed by atoms with Gasteiger partial charge in [-0.2, -0.15) is 0 Å². The Morgan fingerprint density at radius 2 is 2.17 bits per heavy atom. The molecular formula is C15H16N2O. The molecule has 2 aromatic rings. The standard InChI is InChI=1S/C15H16N2O/c1-10-5-6-12(11(2)8-10)14-9-17-15-13(18-14)4-3-7-16-15/h3-8,14H,9H2,1-2H3,(H,16,17). The molecule has 0 amide bonds. The molecule has 1 aromatic heterocycles. The highest BCUT2D eigenvalue weighted by Crippen LogP contribution is 2.33. The van der Waals surface area contributed by atoms with Crippen molar-refractivity contribution in [3.05, 3.63) is 53.2 Å². The van der Waals surface area contributed by atoms with Crippen molar-refractivity contribution in [3.63, 3.8) is 0 Å². The van der Waals surface area contributed by atoms with E-state index in [0.29, 0.717) is 0 Å². The van der Waals surface area contributed by atoms with E-state index in [1.807, 2.05) is 12.1 Å². The average molecular weight is 240 g/mol. The van der Waals surface area contributed by atoms with Crippen LogP contribution in [0.4, 0.5) is 5.82 Å². The van der Waals surface area contributed by atoms with Crippen LogP contribution in [0.2, 0.25) is 0 Å². The minimum absolute atomic E-state index is 0.0577. The van der Waals surface area contributed by atoms with E-state index in [-0.39, 0.29) is 6.10 Å². The molecule has 18 heavy (non-hydrogen) atoms. The monoisotopic (exact) mass is 240 g/mol. The van der Waals surface area contributed by atoms with Crippen molar-refractivity contribution in [1.82, 2.24) is 4.98 Å². The Hall–Kier alpha value is -2.03. The Labute approximate surface area is 107 Å². The maximum Gasteiger partial charge on any atom is 0.168 e. The molecule has 3 rings (SSSR count). The first kappa shape index (κ1) is 11.1. The summed E-state index contributed by atoms with van der Waals surface area (Å²) in [5.41, 5.74) is 3.79. The Morgan fingerprint density at radius 1 is 1.28 bits per heavy atom. The van der Waals surface area contributed by atoms with Crippen molar-refractivity contribution in [3.8, 4) is 5.75 Å². The molecule has 3 heteroatoms. The van der Waals surface area contributed by atoms with E-state index in [9.17, 15) is 0 Å². The Kier molecular flexibility index (Phi) is 2.67. The Bertz CT molecular complexity index is 580. The van der Waals surface area contributed by atoms with E-state index in [4.69, 9.17) is 4.74 Å². The fourth-order valence-corrected chi connectivity index (χ4v) is 2.36. The van der Waals surface area contributed by atoms with Gasteiger partial charge in [-0.3, -0.25) is 0 Å². The molecule has 1 N–H and O–H groups in total. The molecule has 0 aliphatic carbocycles. The van der Waals surface area contributed by atoms with E-state index in [1.165, 1.54) is 16.7 Å². The minimum Gasteiger partial charge on any atom is -0.480 e. The van der Waals surface area contributed by atoms with Gasteiger partial charge in [-0.25, -0.2) is 4.98 Å². The zero-order chi connectivity index (χ0) is 12.5. The van der Waals surface area contributed by atoms with E-state index in [2.05, 4.69) is 42.3 Å². The number of benzene rings is 1. The number of aromatic nitrogens is 1. The molecule has 2 heterocycles. The second-order valence-electron chi connectivity index (χ2n) is 4.70. The van der Waals surface area contributed by atoms with Gasteiger partial charge in [0.2, 0.25) is 0 Å². The molecule has 1 unspecified atom stereocenters. The van der Waals surface area contributed by atoms with Gasteiger partial charge in [0.1, 0.15) is 6.10 Å². The molecule has 0 saturated carbocycles. The largest absolute Gasteiger partial charge is 0.480 e. The van der Waals surface area contributed by atoms with Crippen LogP contribution < -0.4 is 10.1 Å². The summed E-state index contributed by atoms with van der Waals surface area (Å²) in [7, 11) is 0. The van der Waals surface area contributed by atoms with Gasteiger partial charge < -0.3 is 10.1 Å². The van der Waals surface area contributed by atoms with Crippen LogP contribution in [0.3, 0.4) is 0 Å². The normalized spacial score (nSPS) is 17.6. The van der Waals surface area contributed by atoms with Crippen LogP contribution in [-0.4, -0.2) is 11.5 Å². The molecule has 1 aliphatic rings. The van der Waals surface area contributed by atoms with Gasteiger partial charge in [-0.15, -0.1) is 0 Å². The number of fused-ring (bicyclic) bond motifs is 1. The Morgan fingerprint density at radius 3 is 3.00 bits per heavy atom. The second-order valence-corrected chi connectivity index (χ2v) is 4.70. The number of hydrogen-bond acceptors (Lipinski definition) is 3. The SMILES string of the molecule is Cc1ccc(C2CNc3ncccc3O2)c(C)c1. The third-order valence-electron chi connectivity index (χ3n) is 3.27. The van der Waals surface area contributed by atoms with Crippen LogP contribution >= 0.6 is 0 Å². The lowest BCUT2D eigenvalue weighted by Crippen LogP contribution is -2.24. The van der Waals surface area contributed by atoms with Crippen molar-refractivity contribution in [1.29, 1.82) is 0 Å². The topological polar surface area (TPSA) is 34.2 Å². The van der Waals surface area contributed by atoms with Crippen molar-refractivity contribution >= 4 is 5.82 Å². The van der Waals surface area contributed by atoms with Crippen molar-refractivity contribution in [2.45, 2.75) is 20.0 Å². The molecule has 0 saturated heterocycles. The van der Waals surface area contributed by atoms with Gasteiger partial charge in [0.05, 0.1) is 6.54 Å². The average Bonchev–Trinajstić information content (AvgIpc) is 2.38. The molecule has 92 valence electrons. The zero-order valence-electron chi connectivity index (χ0n) is 10.6.